The minimum absolute atomic E-state index is 0.192. The predicted octanol–water partition coefficient (Wildman–Crippen LogP) is 4.17. The van der Waals surface area contributed by atoms with Crippen LogP contribution in [0.5, 0.6) is 0 Å². The van der Waals surface area contributed by atoms with Crippen molar-refractivity contribution in [2.24, 2.45) is 4.99 Å². The summed E-state index contributed by atoms with van der Waals surface area (Å²) >= 11 is 1.42. The number of methoxy groups -OCH3 is 1. The maximum atomic E-state index is 12.3. The van der Waals surface area contributed by atoms with E-state index in [1.165, 1.54) is 23.1 Å². The average molecular weight is 386 g/mol. The van der Waals surface area contributed by atoms with Gasteiger partial charge in [-0.1, -0.05) is 44.2 Å². The highest BCUT2D eigenvalue weighted by atomic mass is 32.2. The van der Waals surface area contributed by atoms with Crippen LogP contribution < -0.4 is 10.0 Å². The predicted molar refractivity (Wildman–Crippen MR) is 112 cm³/mol. The number of carbonyl (C=O) groups is 1. The molecule has 0 aromatic heterocycles. The summed E-state index contributed by atoms with van der Waals surface area (Å²) in [5.74, 6) is 0.148. The minimum Gasteiger partial charge on any atom is -0.380 e. The third-order valence-corrected chi connectivity index (χ3v) is 4.76. The van der Waals surface area contributed by atoms with E-state index in [4.69, 9.17) is 4.74 Å². The van der Waals surface area contributed by atoms with Gasteiger partial charge < -0.3 is 14.8 Å². The summed E-state index contributed by atoms with van der Waals surface area (Å²) in [4.78, 5) is 17.8. The molecule has 0 saturated carbocycles. The van der Waals surface area contributed by atoms with E-state index in [9.17, 15) is 4.79 Å². The highest BCUT2D eigenvalue weighted by Gasteiger charge is 2.18. The number of rotatable bonds is 6. The van der Waals surface area contributed by atoms with Crippen molar-refractivity contribution in [3.8, 4) is 0 Å². The normalized spacial score (nSPS) is 12.1. The van der Waals surface area contributed by atoms with Crippen LogP contribution in [-0.4, -0.2) is 25.4 Å². The summed E-state index contributed by atoms with van der Waals surface area (Å²) in [6.07, 6.45) is 0.751. The van der Waals surface area contributed by atoms with Crippen LogP contribution in [0.3, 0.4) is 0 Å². The largest absolute Gasteiger partial charge is 0.380 e. The molecule has 0 unspecified atom stereocenters. The maximum Gasteiger partial charge on any atom is 0.287 e. The molecule has 5 nitrogen and oxygen atoms in total. The number of nitrogens with zero attached hydrogens (tertiary/aromatic N) is 1. The van der Waals surface area contributed by atoms with Crippen molar-refractivity contribution in [2.45, 2.75) is 38.7 Å². The zero-order valence-corrected chi connectivity index (χ0v) is 17.2. The molecular formula is C21H27N3O2S. The fourth-order valence-corrected chi connectivity index (χ4v) is 3.44. The molecule has 0 bridgehead atoms. The number of hydrogen-bond donors (Lipinski definition) is 2. The van der Waals surface area contributed by atoms with Gasteiger partial charge in [0.1, 0.15) is 0 Å². The van der Waals surface area contributed by atoms with Crippen LogP contribution in [0.2, 0.25) is 0 Å². The first-order valence-corrected chi connectivity index (χ1v) is 9.95. The Bertz CT molecular complexity index is 806. The second kappa shape index (κ2) is 10.7. The van der Waals surface area contributed by atoms with Crippen molar-refractivity contribution >= 4 is 29.4 Å². The maximum absolute atomic E-state index is 12.3. The molecule has 1 aliphatic rings. The van der Waals surface area contributed by atoms with Crippen molar-refractivity contribution < 1.29 is 9.53 Å². The lowest BCUT2D eigenvalue weighted by Gasteiger charge is -2.16. The highest BCUT2D eigenvalue weighted by molar-refractivity contribution is 7.98. The van der Waals surface area contributed by atoms with Crippen molar-refractivity contribution in [3.05, 3.63) is 59.2 Å². The van der Waals surface area contributed by atoms with E-state index in [0.717, 1.165) is 22.6 Å². The zero-order valence-electron chi connectivity index (χ0n) is 16.3. The number of carbonyl (C=O) groups excluding carboxylic acids is 1. The van der Waals surface area contributed by atoms with Crippen LogP contribution in [0.25, 0.3) is 0 Å². The summed E-state index contributed by atoms with van der Waals surface area (Å²) in [6, 6.07) is 14.1. The smallest absolute Gasteiger partial charge is 0.287 e. The van der Waals surface area contributed by atoms with Gasteiger partial charge >= 0.3 is 0 Å². The number of hydrogen-bond acceptors (Lipinski definition) is 5. The molecule has 0 spiro atoms. The van der Waals surface area contributed by atoms with E-state index >= 15 is 0 Å². The Labute approximate surface area is 165 Å². The van der Waals surface area contributed by atoms with Gasteiger partial charge in [-0.25, -0.2) is 4.99 Å². The second-order valence-electron chi connectivity index (χ2n) is 5.84. The molecule has 2 N–H and O–H groups in total. The summed E-state index contributed by atoms with van der Waals surface area (Å²) in [7, 11) is 1.68. The zero-order chi connectivity index (χ0) is 19.6. The first kappa shape index (κ1) is 21.0. The van der Waals surface area contributed by atoms with Gasteiger partial charge in [-0.05, 0) is 54.1 Å². The molecule has 1 heterocycles. The number of ether oxygens (including phenoxy) is 1. The van der Waals surface area contributed by atoms with E-state index in [2.05, 4.69) is 27.2 Å². The van der Waals surface area contributed by atoms with Gasteiger partial charge in [0.25, 0.3) is 5.91 Å². The number of amides is 1. The average Bonchev–Trinajstić information content (AvgIpc) is 2.70. The van der Waals surface area contributed by atoms with E-state index in [1.54, 1.807) is 7.11 Å². The van der Waals surface area contributed by atoms with Gasteiger partial charge in [0.05, 0.1) is 17.2 Å². The van der Waals surface area contributed by atoms with Crippen LogP contribution in [0.1, 0.15) is 30.5 Å². The lowest BCUT2D eigenvalue weighted by Crippen LogP contribution is -2.39. The van der Waals surface area contributed by atoms with Crippen molar-refractivity contribution in [2.75, 3.05) is 13.7 Å². The van der Waals surface area contributed by atoms with Crippen LogP contribution in [-0.2, 0) is 22.6 Å². The van der Waals surface area contributed by atoms with Crippen LogP contribution in [0.15, 0.2) is 52.4 Å². The lowest BCUT2D eigenvalue weighted by atomic mass is 10.1. The number of fused-ring (bicyclic) bond motifs is 1. The van der Waals surface area contributed by atoms with Gasteiger partial charge in [0.2, 0.25) is 5.84 Å². The number of aliphatic imine (C=N–C) groups is 1. The Hall–Kier alpha value is -2.31. The molecule has 0 aliphatic carbocycles. The Kier molecular flexibility index (Phi) is 8.36. The summed E-state index contributed by atoms with van der Waals surface area (Å²) < 4.78 is 8.23. The van der Waals surface area contributed by atoms with Crippen molar-refractivity contribution in [3.63, 3.8) is 0 Å². The highest BCUT2D eigenvalue weighted by Crippen LogP contribution is 2.31. The first-order chi connectivity index (χ1) is 13.2. The molecule has 2 aromatic carbocycles. The van der Waals surface area contributed by atoms with Crippen LogP contribution in [0.4, 0.5) is 5.69 Å². The Balaban J connectivity index is 0.00000126. The van der Waals surface area contributed by atoms with Crippen molar-refractivity contribution in [1.82, 2.24) is 10.0 Å². The molecular weight excluding hydrogens is 358 g/mol. The third-order valence-electron chi connectivity index (χ3n) is 3.92. The molecule has 27 heavy (non-hydrogen) atoms. The SMILES string of the molecule is CC.COCc1ccccc1CCNC(=O)C1=Nc2ccc(C)cc2SN1. The first-order valence-electron chi connectivity index (χ1n) is 9.13. The standard InChI is InChI=1S/C19H21N3O2S.C2H6/c1-13-7-8-16-17(11-13)25-22-18(21-16)19(23)20-10-9-14-5-3-4-6-15(14)12-24-2;1-2/h3-8,11H,9-10,12H2,1-2H3,(H,20,23)(H,21,22);1-2H3. The molecule has 0 radical (unpaired) electrons. The Morgan fingerprint density at radius 3 is 2.67 bits per heavy atom. The Morgan fingerprint density at radius 2 is 1.93 bits per heavy atom. The molecule has 1 amide bonds. The fraction of sp³-hybridized carbons (Fsp3) is 0.333. The molecule has 144 valence electrons. The van der Waals surface area contributed by atoms with Gasteiger partial charge in [0, 0.05) is 13.7 Å². The Morgan fingerprint density at radius 1 is 1.19 bits per heavy atom. The van der Waals surface area contributed by atoms with E-state index in [1.807, 2.05) is 51.1 Å². The second-order valence-corrected chi connectivity index (χ2v) is 6.69. The van der Waals surface area contributed by atoms with Crippen LogP contribution >= 0.6 is 11.9 Å². The number of aryl methyl sites for hydroxylation is 1. The third kappa shape index (κ3) is 5.84. The summed E-state index contributed by atoms with van der Waals surface area (Å²) in [5, 5.41) is 2.93. The topological polar surface area (TPSA) is 62.7 Å². The number of amidine groups is 1. The molecule has 3 rings (SSSR count). The van der Waals surface area contributed by atoms with Gasteiger partial charge in [-0.15, -0.1) is 0 Å². The molecule has 0 fully saturated rings. The van der Waals surface area contributed by atoms with Gasteiger partial charge in [-0.2, -0.15) is 0 Å². The number of nitrogens with one attached hydrogen (secondary N) is 2. The quantitative estimate of drug-likeness (QED) is 0.733. The van der Waals surface area contributed by atoms with Gasteiger partial charge in [-0.3, -0.25) is 4.79 Å². The van der Waals surface area contributed by atoms with E-state index in [-0.39, 0.29) is 5.91 Å². The van der Waals surface area contributed by atoms with E-state index in [0.29, 0.717) is 19.0 Å². The monoisotopic (exact) mass is 385 g/mol. The van der Waals surface area contributed by atoms with E-state index < -0.39 is 0 Å². The van der Waals surface area contributed by atoms with Crippen LogP contribution in [0, 0.1) is 6.92 Å². The summed E-state index contributed by atoms with van der Waals surface area (Å²) in [5.41, 5.74) is 4.32. The lowest BCUT2D eigenvalue weighted by molar-refractivity contribution is -0.114. The number of benzene rings is 2. The summed E-state index contributed by atoms with van der Waals surface area (Å²) in [6.45, 7) is 7.16. The minimum atomic E-state index is -0.192. The fourth-order valence-electron chi connectivity index (χ4n) is 2.63. The molecule has 0 atom stereocenters. The molecule has 6 heteroatoms. The molecule has 2 aromatic rings. The van der Waals surface area contributed by atoms with Crippen molar-refractivity contribution in [1.29, 1.82) is 0 Å². The molecule has 1 aliphatic heterocycles. The van der Waals surface area contributed by atoms with Gasteiger partial charge in [0.15, 0.2) is 0 Å². The molecule has 0 saturated heterocycles.